The molecule has 3 heteroatoms. The quantitative estimate of drug-likeness (QED) is 0.700. The minimum Gasteiger partial charge on any atom is -0.480 e. The molecule has 2 atom stereocenters. The van der Waals surface area contributed by atoms with Gasteiger partial charge in [0.1, 0.15) is 0 Å². The lowest BCUT2D eigenvalue weighted by Gasteiger charge is -2.31. The first kappa shape index (κ1) is 10.5. The van der Waals surface area contributed by atoms with E-state index in [2.05, 4.69) is 19.2 Å². The molecule has 1 saturated carbocycles. The number of carbonyl (C=O) groups is 1. The first-order chi connectivity index (χ1) is 6.08. The van der Waals surface area contributed by atoms with E-state index < -0.39 is 5.97 Å². The van der Waals surface area contributed by atoms with Gasteiger partial charge in [-0.05, 0) is 31.1 Å². The molecule has 2 unspecified atom stereocenters. The van der Waals surface area contributed by atoms with Crippen molar-refractivity contribution < 1.29 is 9.90 Å². The number of hydrogen-bond donors (Lipinski definition) is 2. The molecule has 0 radical (unpaired) electrons. The maximum Gasteiger partial charge on any atom is 0.317 e. The van der Waals surface area contributed by atoms with Crippen molar-refractivity contribution in [2.75, 3.05) is 6.54 Å². The Morgan fingerprint density at radius 2 is 1.85 bits per heavy atom. The largest absolute Gasteiger partial charge is 0.480 e. The lowest BCUT2D eigenvalue weighted by Crippen LogP contribution is -2.38. The maximum absolute atomic E-state index is 10.3. The van der Waals surface area contributed by atoms with E-state index in [0.29, 0.717) is 6.04 Å². The highest BCUT2D eigenvalue weighted by Crippen LogP contribution is 2.28. The van der Waals surface area contributed by atoms with Crippen LogP contribution in [0.15, 0.2) is 0 Å². The van der Waals surface area contributed by atoms with Crippen LogP contribution in [0, 0.1) is 11.8 Å². The van der Waals surface area contributed by atoms with Gasteiger partial charge in [-0.25, -0.2) is 0 Å². The second-order valence-corrected chi connectivity index (χ2v) is 4.39. The fraction of sp³-hybridized carbons (Fsp3) is 0.900. The number of rotatable bonds is 3. The number of hydrogen-bond acceptors (Lipinski definition) is 2. The van der Waals surface area contributed by atoms with Crippen molar-refractivity contribution in [2.45, 2.75) is 39.2 Å². The Hall–Kier alpha value is -0.570. The molecule has 0 amide bonds. The van der Waals surface area contributed by atoms with E-state index in [4.69, 9.17) is 5.11 Å². The molecule has 0 aliphatic heterocycles. The van der Waals surface area contributed by atoms with Crippen LogP contribution in [0.4, 0.5) is 0 Å². The van der Waals surface area contributed by atoms with Crippen LogP contribution in [-0.4, -0.2) is 23.7 Å². The van der Waals surface area contributed by atoms with Gasteiger partial charge in [-0.2, -0.15) is 0 Å². The molecule has 1 aliphatic carbocycles. The first-order valence-corrected chi connectivity index (χ1v) is 5.03. The van der Waals surface area contributed by atoms with Gasteiger partial charge in [0, 0.05) is 6.04 Å². The Morgan fingerprint density at radius 3 is 2.31 bits per heavy atom. The smallest absolute Gasteiger partial charge is 0.317 e. The minimum absolute atomic E-state index is 0.101. The number of carboxylic acid groups (broad SMARTS) is 1. The third-order valence-corrected chi connectivity index (χ3v) is 2.72. The Bertz CT molecular complexity index is 172. The van der Waals surface area contributed by atoms with Gasteiger partial charge >= 0.3 is 5.97 Å². The van der Waals surface area contributed by atoms with Gasteiger partial charge in [0.2, 0.25) is 0 Å². The van der Waals surface area contributed by atoms with Crippen molar-refractivity contribution in [3.8, 4) is 0 Å². The molecule has 0 saturated heterocycles. The molecular formula is C10H19NO2. The summed E-state index contributed by atoms with van der Waals surface area (Å²) < 4.78 is 0. The molecule has 1 fully saturated rings. The zero-order valence-corrected chi connectivity index (χ0v) is 8.42. The molecule has 0 bridgehead atoms. The highest BCUT2D eigenvalue weighted by molar-refractivity contribution is 5.69. The molecule has 0 aromatic carbocycles. The van der Waals surface area contributed by atoms with Crippen molar-refractivity contribution in [3.05, 3.63) is 0 Å². The zero-order valence-electron chi connectivity index (χ0n) is 8.42. The Morgan fingerprint density at radius 1 is 1.31 bits per heavy atom. The van der Waals surface area contributed by atoms with Crippen LogP contribution >= 0.6 is 0 Å². The predicted molar refractivity (Wildman–Crippen MR) is 51.6 cm³/mol. The Labute approximate surface area is 79.5 Å². The average Bonchev–Trinajstić information content (AvgIpc) is 1.99. The third-order valence-electron chi connectivity index (χ3n) is 2.72. The van der Waals surface area contributed by atoms with Crippen LogP contribution in [0.25, 0.3) is 0 Å². The lowest BCUT2D eigenvalue weighted by atomic mass is 9.80. The molecule has 0 spiro atoms. The Balaban J connectivity index is 2.28. The van der Waals surface area contributed by atoms with Crippen molar-refractivity contribution >= 4 is 5.97 Å². The third kappa shape index (κ3) is 3.77. The van der Waals surface area contributed by atoms with Gasteiger partial charge in [0.15, 0.2) is 0 Å². The fourth-order valence-electron chi connectivity index (χ4n) is 2.35. The van der Waals surface area contributed by atoms with Crippen molar-refractivity contribution in [2.24, 2.45) is 11.8 Å². The average molecular weight is 185 g/mol. The van der Waals surface area contributed by atoms with E-state index >= 15 is 0 Å². The van der Waals surface area contributed by atoms with Crippen LogP contribution in [-0.2, 0) is 4.79 Å². The summed E-state index contributed by atoms with van der Waals surface area (Å²) in [6.45, 7) is 4.58. The molecule has 13 heavy (non-hydrogen) atoms. The molecule has 2 N–H and O–H groups in total. The number of nitrogens with one attached hydrogen (secondary N) is 1. The normalized spacial score (nSPS) is 34.5. The standard InChI is InChI=1S/C10H19NO2/c1-7-3-8(2)5-9(4-7)11-6-10(12)13/h7-9,11H,3-6H2,1-2H3,(H,12,13). The molecule has 1 rings (SSSR count). The number of carboxylic acids is 1. The van der Waals surface area contributed by atoms with E-state index in [-0.39, 0.29) is 6.54 Å². The summed E-state index contributed by atoms with van der Waals surface area (Å²) >= 11 is 0. The van der Waals surface area contributed by atoms with Gasteiger partial charge in [0.25, 0.3) is 0 Å². The molecular weight excluding hydrogens is 166 g/mol. The predicted octanol–water partition coefficient (Wildman–Crippen LogP) is 1.49. The van der Waals surface area contributed by atoms with E-state index in [0.717, 1.165) is 24.7 Å². The fourth-order valence-corrected chi connectivity index (χ4v) is 2.35. The van der Waals surface area contributed by atoms with Gasteiger partial charge in [-0.3, -0.25) is 4.79 Å². The second kappa shape index (κ2) is 4.61. The van der Waals surface area contributed by atoms with Crippen molar-refractivity contribution in [3.63, 3.8) is 0 Å². The molecule has 0 aromatic heterocycles. The van der Waals surface area contributed by atoms with Gasteiger partial charge in [-0.1, -0.05) is 13.8 Å². The Kier molecular flexibility index (Phi) is 3.72. The van der Waals surface area contributed by atoms with E-state index in [9.17, 15) is 4.79 Å². The van der Waals surface area contributed by atoms with Crippen LogP contribution in [0.1, 0.15) is 33.1 Å². The molecule has 76 valence electrons. The monoisotopic (exact) mass is 185 g/mol. The van der Waals surface area contributed by atoms with E-state index in [1.807, 2.05) is 0 Å². The lowest BCUT2D eigenvalue weighted by molar-refractivity contribution is -0.136. The van der Waals surface area contributed by atoms with E-state index in [1.54, 1.807) is 0 Å². The summed E-state index contributed by atoms with van der Waals surface area (Å²) in [7, 11) is 0. The van der Waals surface area contributed by atoms with Crippen LogP contribution in [0.3, 0.4) is 0 Å². The molecule has 3 nitrogen and oxygen atoms in total. The molecule has 0 aromatic rings. The van der Waals surface area contributed by atoms with Crippen molar-refractivity contribution in [1.82, 2.24) is 5.32 Å². The molecule has 0 heterocycles. The van der Waals surface area contributed by atoms with Gasteiger partial charge in [-0.15, -0.1) is 0 Å². The second-order valence-electron chi connectivity index (χ2n) is 4.39. The topological polar surface area (TPSA) is 49.3 Å². The summed E-state index contributed by atoms with van der Waals surface area (Å²) in [5, 5.41) is 11.6. The van der Waals surface area contributed by atoms with Crippen LogP contribution < -0.4 is 5.32 Å². The van der Waals surface area contributed by atoms with Crippen molar-refractivity contribution in [1.29, 1.82) is 0 Å². The summed E-state index contributed by atoms with van der Waals surface area (Å²) in [5.74, 6) is 0.705. The molecule has 1 aliphatic rings. The highest BCUT2D eigenvalue weighted by atomic mass is 16.4. The minimum atomic E-state index is -0.758. The summed E-state index contributed by atoms with van der Waals surface area (Å²) in [6.07, 6.45) is 3.53. The zero-order chi connectivity index (χ0) is 9.84. The highest BCUT2D eigenvalue weighted by Gasteiger charge is 2.23. The summed E-state index contributed by atoms with van der Waals surface area (Å²) in [5.41, 5.74) is 0. The van der Waals surface area contributed by atoms with Crippen LogP contribution in [0.5, 0.6) is 0 Å². The SMILES string of the molecule is CC1CC(C)CC(NCC(=O)O)C1. The van der Waals surface area contributed by atoms with E-state index in [1.165, 1.54) is 6.42 Å². The summed E-state index contributed by atoms with van der Waals surface area (Å²) in [4.78, 5) is 10.3. The summed E-state index contributed by atoms with van der Waals surface area (Å²) in [6, 6.07) is 0.412. The first-order valence-electron chi connectivity index (χ1n) is 5.03. The maximum atomic E-state index is 10.3. The number of aliphatic carboxylic acids is 1. The van der Waals surface area contributed by atoms with Crippen LogP contribution in [0.2, 0.25) is 0 Å². The van der Waals surface area contributed by atoms with Gasteiger partial charge < -0.3 is 10.4 Å². The van der Waals surface area contributed by atoms with Gasteiger partial charge in [0.05, 0.1) is 6.54 Å².